The third-order valence-corrected chi connectivity index (χ3v) is 3.55. The summed E-state index contributed by atoms with van der Waals surface area (Å²) >= 11 is 0. The van der Waals surface area contributed by atoms with Gasteiger partial charge in [0.05, 0.1) is 25.8 Å². The molecule has 1 aliphatic heterocycles. The van der Waals surface area contributed by atoms with Crippen molar-refractivity contribution in [2.24, 2.45) is 0 Å². The van der Waals surface area contributed by atoms with E-state index < -0.39 is 5.97 Å². The van der Waals surface area contributed by atoms with Crippen LogP contribution in [0.5, 0.6) is 0 Å². The third-order valence-electron chi connectivity index (χ3n) is 3.55. The van der Waals surface area contributed by atoms with E-state index >= 15 is 0 Å². The van der Waals surface area contributed by atoms with Gasteiger partial charge in [-0.05, 0) is 31.5 Å². The number of carbonyl (C=O) groups is 2. The van der Waals surface area contributed by atoms with Crippen molar-refractivity contribution < 1.29 is 19.1 Å². The topological polar surface area (TPSA) is 82.8 Å². The van der Waals surface area contributed by atoms with E-state index in [1.165, 1.54) is 0 Å². The maximum absolute atomic E-state index is 11.9. The summed E-state index contributed by atoms with van der Waals surface area (Å²) < 4.78 is 5.14. The van der Waals surface area contributed by atoms with Crippen molar-refractivity contribution in [3.8, 4) is 0 Å². The number of carboxylic acids is 1. The van der Waals surface area contributed by atoms with Gasteiger partial charge in [-0.2, -0.15) is 0 Å². The molecule has 1 aromatic rings. The van der Waals surface area contributed by atoms with Gasteiger partial charge in [-0.3, -0.25) is 14.5 Å². The number of likely N-dealkylation sites (tertiary alicyclic amines) is 1. The molecule has 0 bridgehead atoms. The van der Waals surface area contributed by atoms with Crippen LogP contribution in [-0.4, -0.2) is 41.0 Å². The predicted octanol–water partition coefficient (Wildman–Crippen LogP) is 1.23. The van der Waals surface area contributed by atoms with E-state index in [1.807, 2.05) is 4.90 Å². The summed E-state index contributed by atoms with van der Waals surface area (Å²) in [6.07, 6.45) is 4.56. The van der Waals surface area contributed by atoms with Crippen molar-refractivity contribution in [1.82, 2.24) is 10.2 Å². The van der Waals surface area contributed by atoms with Crippen molar-refractivity contribution in [3.05, 3.63) is 24.2 Å². The van der Waals surface area contributed by atoms with Gasteiger partial charge in [-0.1, -0.05) is 6.42 Å². The summed E-state index contributed by atoms with van der Waals surface area (Å²) in [6, 6.07) is 3.54. The molecule has 0 aliphatic carbocycles. The minimum absolute atomic E-state index is 0.0318. The predicted molar refractivity (Wildman–Crippen MR) is 72.0 cm³/mol. The number of amides is 1. The number of nitrogens with one attached hydrogen (secondary N) is 1. The minimum atomic E-state index is -0.808. The molecule has 1 aromatic heterocycles. The van der Waals surface area contributed by atoms with Crippen molar-refractivity contribution in [2.45, 2.75) is 38.3 Å². The largest absolute Gasteiger partial charge is 0.481 e. The molecule has 1 fully saturated rings. The summed E-state index contributed by atoms with van der Waals surface area (Å²) in [6.45, 7) is 1.40. The Kier molecular flexibility index (Phi) is 5.17. The Labute approximate surface area is 117 Å². The van der Waals surface area contributed by atoms with Gasteiger partial charge in [0.2, 0.25) is 5.91 Å². The van der Waals surface area contributed by atoms with E-state index in [1.54, 1.807) is 18.4 Å². The normalized spacial score (nSPS) is 19.7. The van der Waals surface area contributed by atoms with E-state index in [0.717, 1.165) is 25.8 Å². The molecule has 1 atom stereocenters. The van der Waals surface area contributed by atoms with Gasteiger partial charge < -0.3 is 14.8 Å². The van der Waals surface area contributed by atoms with Crippen LogP contribution in [0.15, 0.2) is 22.8 Å². The third kappa shape index (κ3) is 4.38. The first-order valence-corrected chi connectivity index (χ1v) is 6.90. The summed E-state index contributed by atoms with van der Waals surface area (Å²) in [4.78, 5) is 24.7. The fraction of sp³-hybridized carbons (Fsp3) is 0.571. The molecule has 1 aliphatic rings. The maximum Gasteiger partial charge on any atom is 0.304 e. The summed E-state index contributed by atoms with van der Waals surface area (Å²) in [7, 11) is 0. The van der Waals surface area contributed by atoms with Crippen LogP contribution in [0.4, 0.5) is 0 Å². The molecule has 2 N–H and O–H groups in total. The second kappa shape index (κ2) is 7.09. The molecule has 6 nitrogen and oxygen atoms in total. The summed E-state index contributed by atoms with van der Waals surface area (Å²) in [5, 5.41) is 11.7. The fourth-order valence-corrected chi connectivity index (χ4v) is 2.54. The molecule has 1 amide bonds. The molecule has 2 rings (SSSR count). The van der Waals surface area contributed by atoms with Crippen LogP contribution >= 0.6 is 0 Å². The van der Waals surface area contributed by atoms with E-state index in [4.69, 9.17) is 9.52 Å². The Bertz CT molecular complexity index is 444. The Balaban J connectivity index is 1.80. The lowest BCUT2D eigenvalue weighted by molar-refractivity contribution is -0.139. The van der Waals surface area contributed by atoms with Crippen LogP contribution < -0.4 is 5.32 Å². The Morgan fingerprint density at radius 1 is 1.45 bits per heavy atom. The lowest BCUT2D eigenvalue weighted by atomic mass is 9.99. The molecule has 0 saturated carbocycles. The molecule has 2 heterocycles. The van der Waals surface area contributed by atoms with Crippen LogP contribution in [0.1, 0.15) is 31.4 Å². The van der Waals surface area contributed by atoms with Crippen LogP contribution in [0.25, 0.3) is 0 Å². The molecule has 0 aromatic carbocycles. The zero-order chi connectivity index (χ0) is 14.4. The number of furan rings is 1. The van der Waals surface area contributed by atoms with Crippen LogP contribution in [0.2, 0.25) is 0 Å². The van der Waals surface area contributed by atoms with Crippen molar-refractivity contribution in [3.63, 3.8) is 0 Å². The van der Waals surface area contributed by atoms with Gasteiger partial charge in [-0.15, -0.1) is 0 Å². The Morgan fingerprint density at radius 3 is 3.00 bits per heavy atom. The highest BCUT2D eigenvalue weighted by molar-refractivity contribution is 5.78. The highest BCUT2D eigenvalue weighted by Gasteiger charge is 2.26. The maximum atomic E-state index is 11.9. The van der Waals surface area contributed by atoms with Crippen molar-refractivity contribution in [2.75, 3.05) is 13.1 Å². The second-order valence-electron chi connectivity index (χ2n) is 5.07. The molecule has 1 unspecified atom stereocenters. The molecule has 6 heteroatoms. The lowest BCUT2D eigenvalue weighted by Crippen LogP contribution is -2.46. The van der Waals surface area contributed by atoms with Gasteiger partial charge in [-0.25, -0.2) is 0 Å². The lowest BCUT2D eigenvalue weighted by Gasteiger charge is -2.34. The fourth-order valence-electron chi connectivity index (χ4n) is 2.54. The van der Waals surface area contributed by atoms with E-state index in [2.05, 4.69) is 5.32 Å². The van der Waals surface area contributed by atoms with Crippen LogP contribution in [0, 0.1) is 0 Å². The highest BCUT2D eigenvalue weighted by atomic mass is 16.4. The standard InChI is InChI=1S/C14H20N2O4/c17-13(15-9-12-5-3-7-20-12)10-16-6-2-1-4-11(16)8-14(18)19/h3,5,7,11H,1-2,4,6,8-10H2,(H,15,17)(H,18,19). The van der Waals surface area contributed by atoms with Gasteiger partial charge in [0.25, 0.3) is 0 Å². The number of aliphatic carboxylic acids is 1. The molecular formula is C14H20N2O4. The van der Waals surface area contributed by atoms with E-state index in [-0.39, 0.29) is 24.9 Å². The quantitative estimate of drug-likeness (QED) is 0.819. The number of nitrogens with zero attached hydrogens (tertiary/aromatic N) is 1. The van der Waals surface area contributed by atoms with E-state index in [0.29, 0.717) is 12.3 Å². The number of carbonyl (C=O) groups excluding carboxylic acids is 1. The number of piperidine rings is 1. The molecular weight excluding hydrogens is 260 g/mol. The van der Waals surface area contributed by atoms with Gasteiger partial charge in [0.15, 0.2) is 0 Å². The second-order valence-corrected chi connectivity index (χ2v) is 5.07. The average Bonchev–Trinajstić information content (AvgIpc) is 2.91. The minimum Gasteiger partial charge on any atom is -0.481 e. The molecule has 20 heavy (non-hydrogen) atoms. The van der Waals surface area contributed by atoms with Crippen LogP contribution in [0.3, 0.4) is 0 Å². The monoisotopic (exact) mass is 280 g/mol. The molecule has 110 valence electrons. The first-order chi connectivity index (χ1) is 9.65. The smallest absolute Gasteiger partial charge is 0.304 e. The number of rotatable bonds is 6. The molecule has 0 spiro atoms. The van der Waals surface area contributed by atoms with Crippen LogP contribution in [-0.2, 0) is 16.1 Å². The highest BCUT2D eigenvalue weighted by Crippen LogP contribution is 2.19. The SMILES string of the molecule is O=C(O)CC1CCCCN1CC(=O)NCc1ccco1. The van der Waals surface area contributed by atoms with Crippen molar-refractivity contribution in [1.29, 1.82) is 0 Å². The number of carboxylic acid groups (broad SMARTS) is 1. The molecule has 0 radical (unpaired) electrons. The number of hydrogen-bond donors (Lipinski definition) is 2. The Morgan fingerprint density at radius 2 is 2.30 bits per heavy atom. The van der Waals surface area contributed by atoms with Gasteiger partial charge in [0.1, 0.15) is 5.76 Å². The zero-order valence-corrected chi connectivity index (χ0v) is 11.4. The van der Waals surface area contributed by atoms with Gasteiger partial charge in [0, 0.05) is 6.04 Å². The average molecular weight is 280 g/mol. The molecule has 1 saturated heterocycles. The number of hydrogen-bond acceptors (Lipinski definition) is 4. The Hall–Kier alpha value is -1.82. The van der Waals surface area contributed by atoms with Gasteiger partial charge >= 0.3 is 5.97 Å². The van der Waals surface area contributed by atoms with E-state index in [9.17, 15) is 9.59 Å². The zero-order valence-electron chi connectivity index (χ0n) is 11.4. The first-order valence-electron chi connectivity index (χ1n) is 6.90. The summed E-state index contributed by atoms with van der Waals surface area (Å²) in [5.74, 6) is -0.198. The first kappa shape index (κ1) is 14.6. The summed E-state index contributed by atoms with van der Waals surface area (Å²) in [5.41, 5.74) is 0. The van der Waals surface area contributed by atoms with Crippen molar-refractivity contribution >= 4 is 11.9 Å².